The number of anilines is 1. The van der Waals surface area contributed by atoms with E-state index in [9.17, 15) is 4.79 Å². The van der Waals surface area contributed by atoms with E-state index in [0.717, 1.165) is 16.8 Å². The fourth-order valence-electron chi connectivity index (χ4n) is 2.65. The molecule has 1 aromatic heterocycles. The number of carbonyl (C=O) groups excluding carboxylic acids is 1. The predicted molar refractivity (Wildman–Crippen MR) is 113 cm³/mol. The molecule has 0 unspecified atom stereocenters. The number of rotatable bonds is 4. The quantitative estimate of drug-likeness (QED) is 0.461. The molecule has 6 heteroatoms. The van der Waals surface area contributed by atoms with Crippen molar-refractivity contribution in [2.45, 2.75) is 0 Å². The third kappa shape index (κ3) is 4.19. The minimum atomic E-state index is -0.405. The summed E-state index contributed by atoms with van der Waals surface area (Å²) in [4.78, 5) is 12.3. The lowest BCUT2D eigenvalue weighted by Crippen LogP contribution is -2.33. The number of hydrogen-bond donors (Lipinski definition) is 2. The Bertz CT molecular complexity index is 1090. The van der Waals surface area contributed by atoms with E-state index in [0.29, 0.717) is 11.3 Å². The number of hydrogen-bond acceptors (Lipinski definition) is 4. The van der Waals surface area contributed by atoms with Gasteiger partial charge in [-0.2, -0.15) is 0 Å². The van der Waals surface area contributed by atoms with Crippen LogP contribution in [0.15, 0.2) is 89.3 Å². The molecular weight excluding hydrogens is 372 g/mol. The van der Waals surface area contributed by atoms with Crippen LogP contribution in [0, 0.1) is 0 Å². The van der Waals surface area contributed by atoms with Crippen molar-refractivity contribution in [2.75, 3.05) is 5.32 Å². The molecule has 0 aliphatic rings. The number of thiocarbonyl (C=S) groups is 1. The summed E-state index contributed by atoms with van der Waals surface area (Å²) in [6, 6.07) is 25.9. The van der Waals surface area contributed by atoms with Crippen LogP contribution in [0.5, 0.6) is 11.5 Å². The van der Waals surface area contributed by atoms with Gasteiger partial charge in [0.15, 0.2) is 10.9 Å². The van der Waals surface area contributed by atoms with E-state index < -0.39 is 5.91 Å². The normalized spacial score (nSPS) is 10.4. The average molecular weight is 388 g/mol. The van der Waals surface area contributed by atoms with Gasteiger partial charge in [-0.25, -0.2) is 0 Å². The fraction of sp³-hybridized carbons (Fsp3) is 0. The van der Waals surface area contributed by atoms with Crippen LogP contribution in [-0.4, -0.2) is 11.0 Å². The van der Waals surface area contributed by atoms with Crippen LogP contribution in [0.4, 0.5) is 5.69 Å². The predicted octanol–water partition coefficient (Wildman–Crippen LogP) is 5.35. The summed E-state index contributed by atoms with van der Waals surface area (Å²) >= 11 is 5.21. The van der Waals surface area contributed by atoms with Gasteiger partial charge in [-0.3, -0.25) is 10.1 Å². The Hall–Kier alpha value is -3.64. The van der Waals surface area contributed by atoms with Gasteiger partial charge in [-0.15, -0.1) is 0 Å². The second-order valence-corrected chi connectivity index (χ2v) is 6.40. The molecule has 0 spiro atoms. The van der Waals surface area contributed by atoms with E-state index in [1.54, 1.807) is 6.07 Å². The second-order valence-electron chi connectivity index (χ2n) is 6.00. The smallest absolute Gasteiger partial charge is 0.293 e. The van der Waals surface area contributed by atoms with Gasteiger partial charge in [-0.05, 0) is 60.7 Å². The van der Waals surface area contributed by atoms with Crippen molar-refractivity contribution in [2.24, 2.45) is 0 Å². The van der Waals surface area contributed by atoms with Crippen molar-refractivity contribution in [3.8, 4) is 11.5 Å². The second kappa shape index (κ2) is 7.94. The summed E-state index contributed by atoms with van der Waals surface area (Å²) < 4.78 is 11.3. The first-order chi connectivity index (χ1) is 13.7. The topological polar surface area (TPSA) is 63.5 Å². The lowest BCUT2D eigenvalue weighted by atomic mass is 10.2. The monoisotopic (exact) mass is 388 g/mol. The molecule has 4 rings (SSSR count). The zero-order valence-electron chi connectivity index (χ0n) is 14.7. The largest absolute Gasteiger partial charge is 0.457 e. The van der Waals surface area contributed by atoms with Gasteiger partial charge in [0.2, 0.25) is 0 Å². The van der Waals surface area contributed by atoms with E-state index in [2.05, 4.69) is 10.6 Å². The Morgan fingerprint density at radius 1 is 0.857 bits per heavy atom. The van der Waals surface area contributed by atoms with Crippen LogP contribution < -0.4 is 15.4 Å². The maximum absolute atomic E-state index is 12.3. The third-order valence-corrected chi connectivity index (χ3v) is 4.17. The highest BCUT2D eigenvalue weighted by Gasteiger charge is 2.13. The van der Waals surface area contributed by atoms with Crippen molar-refractivity contribution in [3.63, 3.8) is 0 Å². The summed E-state index contributed by atoms with van der Waals surface area (Å²) in [6.45, 7) is 0. The third-order valence-electron chi connectivity index (χ3n) is 3.97. The van der Waals surface area contributed by atoms with Crippen molar-refractivity contribution in [1.29, 1.82) is 0 Å². The number of para-hydroxylation sites is 2. The van der Waals surface area contributed by atoms with E-state index in [1.165, 1.54) is 0 Å². The minimum absolute atomic E-state index is 0.183. The number of ether oxygens (including phenoxy) is 1. The zero-order valence-corrected chi connectivity index (χ0v) is 15.5. The number of nitrogens with one attached hydrogen (secondary N) is 2. The summed E-state index contributed by atoms with van der Waals surface area (Å²) in [5.74, 6) is 1.26. The first-order valence-electron chi connectivity index (χ1n) is 8.61. The molecular formula is C22H16N2O3S. The SMILES string of the molecule is O=C(NC(=S)Nc1ccc(Oc2ccccc2)cc1)c1cc2ccccc2o1. The van der Waals surface area contributed by atoms with E-state index in [4.69, 9.17) is 21.4 Å². The van der Waals surface area contributed by atoms with Crippen LogP contribution in [0.2, 0.25) is 0 Å². The molecule has 1 heterocycles. The molecule has 4 aromatic rings. The summed E-state index contributed by atoms with van der Waals surface area (Å²) in [6.07, 6.45) is 0. The van der Waals surface area contributed by atoms with Crippen LogP contribution in [-0.2, 0) is 0 Å². The molecule has 0 atom stereocenters. The highest BCUT2D eigenvalue weighted by atomic mass is 32.1. The van der Waals surface area contributed by atoms with Gasteiger partial charge in [-0.1, -0.05) is 36.4 Å². The lowest BCUT2D eigenvalue weighted by molar-refractivity contribution is 0.0953. The Kier molecular flexibility index (Phi) is 5.03. The molecule has 0 saturated carbocycles. The van der Waals surface area contributed by atoms with Crippen LogP contribution in [0.25, 0.3) is 11.0 Å². The summed E-state index contributed by atoms with van der Waals surface area (Å²) in [5.41, 5.74) is 1.39. The number of furan rings is 1. The van der Waals surface area contributed by atoms with Crippen molar-refractivity contribution in [3.05, 3.63) is 90.7 Å². The molecule has 3 aromatic carbocycles. The Balaban J connectivity index is 1.36. The Morgan fingerprint density at radius 2 is 1.54 bits per heavy atom. The minimum Gasteiger partial charge on any atom is -0.457 e. The summed E-state index contributed by atoms with van der Waals surface area (Å²) in [5, 5.41) is 6.63. The fourth-order valence-corrected chi connectivity index (χ4v) is 2.86. The average Bonchev–Trinajstić information content (AvgIpc) is 3.15. The molecule has 0 aliphatic heterocycles. The molecule has 0 radical (unpaired) electrons. The van der Waals surface area contributed by atoms with Crippen LogP contribution >= 0.6 is 12.2 Å². The molecule has 28 heavy (non-hydrogen) atoms. The van der Waals surface area contributed by atoms with Gasteiger partial charge in [0.05, 0.1) is 0 Å². The number of benzene rings is 3. The maximum Gasteiger partial charge on any atom is 0.293 e. The molecule has 0 aliphatic carbocycles. The number of fused-ring (bicyclic) bond motifs is 1. The Morgan fingerprint density at radius 3 is 2.29 bits per heavy atom. The molecule has 1 amide bonds. The van der Waals surface area contributed by atoms with Gasteiger partial charge in [0.1, 0.15) is 17.1 Å². The highest BCUT2D eigenvalue weighted by molar-refractivity contribution is 7.80. The van der Waals surface area contributed by atoms with Crippen molar-refractivity contribution >= 4 is 39.9 Å². The standard InChI is InChI=1S/C22H16N2O3S/c25-21(20-14-15-6-4-5-9-19(15)27-20)24-22(28)23-16-10-12-18(13-11-16)26-17-7-2-1-3-8-17/h1-14H,(H2,23,24,25,28). The highest BCUT2D eigenvalue weighted by Crippen LogP contribution is 2.23. The van der Waals surface area contributed by atoms with Gasteiger partial charge in [0, 0.05) is 11.1 Å². The van der Waals surface area contributed by atoms with Gasteiger partial charge in [0.25, 0.3) is 5.91 Å². The van der Waals surface area contributed by atoms with Crippen LogP contribution in [0.3, 0.4) is 0 Å². The van der Waals surface area contributed by atoms with E-state index in [-0.39, 0.29) is 10.9 Å². The van der Waals surface area contributed by atoms with E-state index in [1.807, 2.05) is 78.9 Å². The molecule has 0 bridgehead atoms. The molecule has 5 nitrogen and oxygen atoms in total. The summed E-state index contributed by atoms with van der Waals surface area (Å²) in [7, 11) is 0. The first-order valence-corrected chi connectivity index (χ1v) is 9.02. The van der Waals surface area contributed by atoms with Gasteiger partial charge >= 0.3 is 0 Å². The van der Waals surface area contributed by atoms with Crippen molar-refractivity contribution < 1.29 is 13.9 Å². The molecule has 2 N–H and O–H groups in total. The van der Waals surface area contributed by atoms with Gasteiger partial charge < -0.3 is 14.5 Å². The first kappa shape index (κ1) is 17.8. The molecule has 0 saturated heterocycles. The Labute approximate surface area is 166 Å². The number of amides is 1. The maximum atomic E-state index is 12.3. The molecule has 0 fully saturated rings. The van der Waals surface area contributed by atoms with E-state index >= 15 is 0 Å². The lowest BCUT2D eigenvalue weighted by Gasteiger charge is -2.10. The number of carbonyl (C=O) groups is 1. The zero-order chi connectivity index (χ0) is 19.3. The van der Waals surface area contributed by atoms with Crippen molar-refractivity contribution in [1.82, 2.24) is 5.32 Å². The molecule has 138 valence electrons. The van der Waals surface area contributed by atoms with Crippen LogP contribution in [0.1, 0.15) is 10.6 Å².